The number of benzene rings is 1. The van der Waals surface area contributed by atoms with Crippen LogP contribution < -0.4 is 5.73 Å². The van der Waals surface area contributed by atoms with Crippen molar-refractivity contribution in [2.45, 2.75) is 6.54 Å². The number of hydrogen-bond acceptors (Lipinski definition) is 3. The number of phenols is 1. The summed E-state index contributed by atoms with van der Waals surface area (Å²) in [6.45, 7) is 0.366. The predicted octanol–water partition coefficient (Wildman–Crippen LogP) is 2.58. The van der Waals surface area contributed by atoms with Crippen molar-refractivity contribution >= 4 is 11.3 Å². The molecule has 0 spiro atoms. The largest absolute Gasteiger partial charge is 0.507 e. The van der Waals surface area contributed by atoms with E-state index in [1.54, 1.807) is 11.3 Å². The first-order valence-electron chi connectivity index (χ1n) is 4.37. The fraction of sp³-hybridized carbons (Fsp3) is 0.0909. The highest BCUT2D eigenvalue weighted by molar-refractivity contribution is 7.13. The van der Waals surface area contributed by atoms with Crippen LogP contribution in [0.1, 0.15) is 5.56 Å². The summed E-state index contributed by atoms with van der Waals surface area (Å²) < 4.78 is 0. The molecular formula is C11H11NOS. The second-order valence-corrected chi connectivity index (χ2v) is 3.94. The summed E-state index contributed by atoms with van der Waals surface area (Å²) in [5, 5.41) is 11.9. The molecule has 3 N–H and O–H groups in total. The van der Waals surface area contributed by atoms with Gasteiger partial charge in [0.15, 0.2) is 0 Å². The molecule has 14 heavy (non-hydrogen) atoms. The van der Waals surface area contributed by atoms with Crippen LogP contribution in [0, 0.1) is 0 Å². The molecule has 2 nitrogen and oxygen atoms in total. The van der Waals surface area contributed by atoms with Crippen molar-refractivity contribution in [2.75, 3.05) is 0 Å². The minimum absolute atomic E-state index is 0.303. The lowest BCUT2D eigenvalue weighted by Gasteiger charge is -2.06. The lowest BCUT2D eigenvalue weighted by molar-refractivity contribution is 0.470. The van der Waals surface area contributed by atoms with E-state index in [1.807, 2.05) is 35.7 Å². The summed E-state index contributed by atoms with van der Waals surface area (Å²) in [6.07, 6.45) is 0. The minimum Gasteiger partial charge on any atom is -0.507 e. The van der Waals surface area contributed by atoms with E-state index in [-0.39, 0.29) is 0 Å². The number of hydrogen-bond donors (Lipinski definition) is 2. The Kier molecular flexibility index (Phi) is 2.52. The Labute approximate surface area is 86.6 Å². The highest BCUT2D eigenvalue weighted by Gasteiger charge is 2.07. The molecule has 0 atom stereocenters. The fourth-order valence-corrected chi connectivity index (χ4v) is 2.14. The average Bonchev–Trinajstić information content (AvgIpc) is 2.71. The lowest BCUT2D eigenvalue weighted by atomic mass is 10.1. The molecule has 0 fully saturated rings. The van der Waals surface area contributed by atoms with Crippen molar-refractivity contribution in [3.8, 4) is 16.2 Å². The van der Waals surface area contributed by atoms with Crippen molar-refractivity contribution in [3.63, 3.8) is 0 Å². The van der Waals surface area contributed by atoms with Crippen LogP contribution in [0.2, 0.25) is 0 Å². The summed E-state index contributed by atoms with van der Waals surface area (Å²) in [5.41, 5.74) is 7.17. The first kappa shape index (κ1) is 9.24. The highest BCUT2D eigenvalue weighted by atomic mass is 32.1. The Morgan fingerprint density at radius 2 is 2.07 bits per heavy atom. The van der Waals surface area contributed by atoms with Crippen molar-refractivity contribution in [3.05, 3.63) is 41.3 Å². The normalized spacial score (nSPS) is 10.4. The molecule has 1 aromatic heterocycles. The van der Waals surface area contributed by atoms with Gasteiger partial charge in [-0.25, -0.2) is 0 Å². The number of aromatic hydroxyl groups is 1. The van der Waals surface area contributed by atoms with E-state index in [0.717, 1.165) is 16.0 Å². The van der Waals surface area contributed by atoms with Gasteiger partial charge in [0, 0.05) is 22.5 Å². The molecule has 1 aromatic carbocycles. The molecule has 0 saturated heterocycles. The summed E-state index contributed by atoms with van der Waals surface area (Å²) >= 11 is 1.61. The molecule has 0 aliphatic carbocycles. The predicted molar refractivity (Wildman–Crippen MR) is 59.3 cm³/mol. The van der Waals surface area contributed by atoms with Crippen LogP contribution in [-0.2, 0) is 6.54 Å². The van der Waals surface area contributed by atoms with E-state index in [4.69, 9.17) is 5.73 Å². The summed E-state index contributed by atoms with van der Waals surface area (Å²) in [4.78, 5) is 1.07. The lowest BCUT2D eigenvalue weighted by Crippen LogP contribution is -1.96. The van der Waals surface area contributed by atoms with Crippen LogP contribution in [0.3, 0.4) is 0 Å². The van der Waals surface area contributed by atoms with Crippen molar-refractivity contribution in [1.29, 1.82) is 0 Å². The quantitative estimate of drug-likeness (QED) is 0.791. The fourth-order valence-electron chi connectivity index (χ4n) is 1.39. The SMILES string of the molecule is NCc1cccc(-c2cccs2)c1O. The zero-order valence-electron chi connectivity index (χ0n) is 7.60. The van der Waals surface area contributed by atoms with Gasteiger partial charge in [0.1, 0.15) is 5.75 Å². The molecule has 0 amide bonds. The zero-order chi connectivity index (χ0) is 9.97. The zero-order valence-corrected chi connectivity index (χ0v) is 8.42. The van der Waals surface area contributed by atoms with E-state index in [1.165, 1.54) is 0 Å². The minimum atomic E-state index is 0.303. The number of para-hydroxylation sites is 1. The number of rotatable bonds is 2. The molecule has 72 valence electrons. The van der Waals surface area contributed by atoms with Crippen molar-refractivity contribution in [1.82, 2.24) is 0 Å². The van der Waals surface area contributed by atoms with Gasteiger partial charge in [-0.2, -0.15) is 0 Å². The standard InChI is InChI=1S/C11H11NOS/c12-7-8-3-1-4-9(11(8)13)10-5-2-6-14-10/h1-6,13H,7,12H2. The van der Waals surface area contributed by atoms with Gasteiger partial charge in [-0.3, -0.25) is 0 Å². The first-order valence-corrected chi connectivity index (χ1v) is 5.25. The van der Waals surface area contributed by atoms with E-state index in [0.29, 0.717) is 12.3 Å². The third-order valence-corrected chi connectivity index (χ3v) is 3.03. The van der Waals surface area contributed by atoms with E-state index < -0.39 is 0 Å². The van der Waals surface area contributed by atoms with Crippen LogP contribution in [0.25, 0.3) is 10.4 Å². The Morgan fingerprint density at radius 1 is 1.21 bits per heavy atom. The molecule has 2 aromatic rings. The molecule has 0 radical (unpaired) electrons. The van der Waals surface area contributed by atoms with Crippen LogP contribution >= 0.6 is 11.3 Å². The summed E-state index contributed by atoms with van der Waals surface area (Å²) in [6, 6.07) is 9.61. The molecule has 2 rings (SSSR count). The Hall–Kier alpha value is -1.32. The van der Waals surface area contributed by atoms with E-state index in [9.17, 15) is 5.11 Å². The monoisotopic (exact) mass is 205 g/mol. The van der Waals surface area contributed by atoms with Gasteiger partial charge in [0.05, 0.1) is 0 Å². The molecule has 0 aliphatic rings. The smallest absolute Gasteiger partial charge is 0.128 e. The Balaban J connectivity index is 2.54. The summed E-state index contributed by atoms with van der Waals surface area (Å²) in [7, 11) is 0. The average molecular weight is 205 g/mol. The van der Waals surface area contributed by atoms with Crippen LogP contribution in [0.4, 0.5) is 0 Å². The molecule has 0 unspecified atom stereocenters. The van der Waals surface area contributed by atoms with Crippen LogP contribution in [-0.4, -0.2) is 5.11 Å². The third kappa shape index (κ3) is 1.52. The highest BCUT2D eigenvalue weighted by Crippen LogP contribution is 2.34. The first-order chi connectivity index (χ1) is 6.83. The van der Waals surface area contributed by atoms with E-state index >= 15 is 0 Å². The van der Waals surface area contributed by atoms with Crippen molar-refractivity contribution < 1.29 is 5.11 Å². The second-order valence-electron chi connectivity index (χ2n) is 2.99. The number of thiophene rings is 1. The molecule has 1 heterocycles. The Morgan fingerprint density at radius 3 is 2.71 bits per heavy atom. The summed E-state index contributed by atoms with van der Waals surface area (Å²) in [5.74, 6) is 0.303. The number of nitrogens with two attached hydrogens (primary N) is 1. The van der Waals surface area contributed by atoms with Gasteiger partial charge in [-0.15, -0.1) is 11.3 Å². The van der Waals surface area contributed by atoms with Gasteiger partial charge in [-0.1, -0.05) is 18.2 Å². The number of phenolic OH excluding ortho intramolecular Hbond substituents is 1. The van der Waals surface area contributed by atoms with Crippen molar-refractivity contribution in [2.24, 2.45) is 5.73 Å². The van der Waals surface area contributed by atoms with Gasteiger partial charge >= 0.3 is 0 Å². The topological polar surface area (TPSA) is 46.2 Å². The van der Waals surface area contributed by atoms with E-state index in [2.05, 4.69) is 0 Å². The molecular weight excluding hydrogens is 194 g/mol. The van der Waals surface area contributed by atoms with Crippen LogP contribution in [0.15, 0.2) is 35.7 Å². The van der Waals surface area contributed by atoms with Gasteiger partial charge in [0.25, 0.3) is 0 Å². The Bertz CT molecular complexity index is 423. The van der Waals surface area contributed by atoms with Crippen LogP contribution in [0.5, 0.6) is 5.75 Å². The maximum atomic E-state index is 9.89. The maximum absolute atomic E-state index is 9.89. The molecule has 3 heteroatoms. The van der Waals surface area contributed by atoms with Gasteiger partial charge in [0.2, 0.25) is 0 Å². The van der Waals surface area contributed by atoms with Gasteiger partial charge in [-0.05, 0) is 17.5 Å². The second kappa shape index (κ2) is 3.82. The molecule has 0 aliphatic heterocycles. The molecule has 0 saturated carbocycles. The maximum Gasteiger partial charge on any atom is 0.128 e. The third-order valence-electron chi connectivity index (χ3n) is 2.13. The molecule has 0 bridgehead atoms. The van der Waals surface area contributed by atoms with Gasteiger partial charge < -0.3 is 10.8 Å².